The molecule has 0 aliphatic rings. The van der Waals surface area contributed by atoms with E-state index >= 15 is 0 Å². The van der Waals surface area contributed by atoms with Gasteiger partial charge in [-0.2, -0.15) is 5.26 Å². The Kier molecular flexibility index (Phi) is 6.79. The lowest BCUT2D eigenvalue weighted by Gasteiger charge is -2.11. The first kappa shape index (κ1) is 21.2. The molecule has 1 N–H and O–H groups in total. The van der Waals surface area contributed by atoms with E-state index in [4.69, 9.17) is 10.00 Å². The largest absolute Gasteiger partial charge is 0.508 e. The van der Waals surface area contributed by atoms with E-state index in [-0.39, 0.29) is 6.61 Å². The highest BCUT2D eigenvalue weighted by molar-refractivity contribution is 7.17. The molecule has 0 radical (unpaired) electrons. The van der Waals surface area contributed by atoms with Crippen LogP contribution >= 0.6 is 22.7 Å². The lowest BCUT2D eigenvalue weighted by molar-refractivity contribution is 0.365. The van der Waals surface area contributed by atoms with Crippen molar-refractivity contribution in [3.63, 3.8) is 0 Å². The zero-order valence-electron chi connectivity index (χ0n) is 17.2. The predicted octanol–water partition coefficient (Wildman–Crippen LogP) is 7.15. The standard InChI is InChI=1S/C13H13NOS.C11H12OS/c1-3-10-11-4-7-16-13(11)9(2)8-12(10)15-6-5-14;1-3-8-9-4-5-13-11(9)7(2)6-10(8)12/h4,7-8H,3,6H2,1-2H3;4-6,12H,3H2,1-2H3. The molecule has 0 spiro atoms. The predicted molar refractivity (Wildman–Crippen MR) is 125 cm³/mol. The fourth-order valence-electron chi connectivity index (χ4n) is 3.66. The number of thiophene rings is 2. The van der Waals surface area contributed by atoms with Crippen LogP contribution in [0.4, 0.5) is 0 Å². The number of fused-ring (bicyclic) bond motifs is 2. The Morgan fingerprint density at radius 1 is 0.931 bits per heavy atom. The third kappa shape index (κ3) is 4.24. The topological polar surface area (TPSA) is 53.2 Å². The molecule has 5 heteroatoms. The molecule has 0 unspecified atom stereocenters. The van der Waals surface area contributed by atoms with E-state index in [2.05, 4.69) is 43.7 Å². The second-order valence-electron chi connectivity index (χ2n) is 6.84. The number of phenols is 1. The molecule has 29 heavy (non-hydrogen) atoms. The van der Waals surface area contributed by atoms with E-state index in [1.807, 2.05) is 25.1 Å². The maximum Gasteiger partial charge on any atom is 0.174 e. The third-order valence-corrected chi connectivity index (χ3v) is 7.10. The minimum absolute atomic E-state index is 0.113. The SMILES string of the molecule is CCc1c(O)cc(C)c2sccc12.CCc1c(OCC#N)cc(C)c2sccc12. The van der Waals surface area contributed by atoms with Gasteiger partial charge in [0.15, 0.2) is 6.61 Å². The molecule has 150 valence electrons. The average molecular weight is 424 g/mol. The first-order valence-electron chi connectivity index (χ1n) is 9.69. The van der Waals surface area contributed by atoms with Gasteiger partial charge in [-0.25, -0.2) is 0 Å². The van der Waals surface area contributed by atoms with E-state index in [9.17, 15) is 5.11 Å². The van der Waals surface area contributed by atoms with Crippen molar-refractivity contribution in [1.82, 2.24) is 0 Å². The molecule has 0 saturated heterocycles. The van der Waals surface area contributed by atoms with Crippen molar-refractivity contribution in [2.75, 3.05) is 6.61 Å². The number of aryl methyl sites for hydroxylation is 4. The monoisotopic (exact) mass is 423 g/mol. The maximum absolute atomic E-state index is 9.71. The summed E-state index contributed by atoms with van der Waals surface area (Å²) in [7, 11) is 0. The summed E-state index contributed by atoms with van der Waals surface area (Å²) >= 11 is 3.50. The number of nitrogens with zero attached hydrogens (tertiary/aromatic N) is 1. The molecule has 0 aliphatic carbocycles. The quantitative estimate of drug-likeness (QED) is 0.379. The Bertz CT molecular complexity index is 1180. The van der Waals surface area contributed by atoms with E-state index < -0.39 is 0 Å². The highest BCUT2D eigenvalue weighted by Crippen LogP contribution is 2.35. The summed E-state index contributed by atoms with van der Waals surface area (Å²) in [5.74, 6) is 1.29. The van der Waals surface area contributed by atoms with Gasteiger partial charge in [0.05, 0.1) is 0 Å². The number of phenolic OH excluding ortho intramolecular Hbond substituents is 1. The van der Waals surface area contributed by atoms with Crippen LogP contribution in [-0.4, -0.2) is 11.7 Å². The molecule has 0 aliphatic heterocycles. The highest BCUT2D eigenvalue weighted by Gasteiger charge is 2.11. The van der Waals surface area contributed by atoms with Gasteiger partial charge in [0.2, 0.25) is 0 Å². The Hall–Kier alpha value is -2.55. The van der Waals surface area contributed by atoms with Crippen LogP contribution < -0.4 is 4.74 Å². The molecule has 0 amide bonds. The average Bonchev–Trinajstić information content (AvgIpc) is 3.37. The van der Waals surface area contributed by atoms with Gasteiger partial charge in [-0.3, -0.25) is 0 Å². The van der Waals surface area contributed by atoms with Crippen LogP contribution in [0.1, 0.15) is 36.1 Å². The van der Waals surface area contributed by atoms with Gasteiger partial charge in [-0.15, -0.1) is 22.7 Å². The van der Waals surface area contributed by atoms with Crippen LogP contribution in [0.2, 0.25) is 0 Å². The molecule has 0 saturated carbocycles. The fourth-order valence-corrected chi connectivity index (χ4v) is 5.46. The van der Waals surface area contributed by atoms with Crippen LogP contribution in [-0.2, 0) is 12.8 Å². The Morgan fingerprint density at radius 2 is 1.48 bits per heavy atom. The lowest BCUT2D eigenvalue weighted by atomic mass is 10.0. The number of nitriles is 1. The molecule has 4 rings (SSSR count). The lowest BCUT2D eigenvalue weighted by Crippen LogP contribution is -1.98. The first-order valence-corrected chi connectivity index (χ1v) is 11.5. The van der Waals surface area contributed by atoms with Gasteiger partial charge >= 0.3 is 0 Å². The Morgan fingerprint density at radius 3 is 2.03 bits per heavy atom. The molecular formula is C24H25NO2S2. The van der Waals surface area contributed by atoms with E-state index in [0.29, 0.717) is 5.75 Å². The summed E-state index contributed by atoms with van der Waals surface area (Å²) in [5, 5.41) is 24.9. The molecule has 0 fully saturated rings. The highest BCUT2D eigenvalue weighted by atomic mass is 32.1. The molecule has 4 aromatic rings. The summed E-state index contributed by atoms with van der Waals surface area (Å²) in [6.07, 6.45) is 1.81. The van der Waals surface area contributed by atoms with E-state index in [1.54, 1.807) is 22.7 Å². The number of rotatable bonds is 4. The summed E-state index contributed by atoms with van der Waals surface area (Å²) in [6.45, 7) is 8.42. The van der Waals surface area contributed by atoms with Gasteiger partial charge in [0.25, 0.3) is 0 Å². The third-order valence-electron chi connectivity index (χ3n) is 5.00. The summed E-state index contributed by atoms with van der Waals surface area (Å²) in [4.78, 5) is 0. The summed E-state index contributed by atoms with van der Waals surface area (Å²) < 4.78 is 8.10. The smallest absolute Gasteiger partial charge is 0.174 e. The zero-order valence-corrected chi connectivity index (χ0v) is 18.8. The van der Waals surface area contributed by atoms with Crippen molar-refractivity contribution in [1.29, 1.82) is 5.26 Å². The van der Waals surface area contributed by atoms with Crippen LogP contribution in [0.15, 0.2) is 35.0 Å². The van der Waals surface area contributed by atoms with Crippen molar-refractivity contribution in [2.24, 2.45) is 0 Å². The molecule has 3 nitrogen and oxygen atoms in total. The van der Waals surface area contributed by atoms with E-state index in [0.717, 1.165) is 24.2 Å². The molecular weight excluding hydrogens is 398 g/mol. The first-order chi connectivity index (χ1) is 14.0. The number of ether oxygens (including phenoxy) is 1. The summed E-state index contributed by atoms with van der Waals surface area (Å²) in [5.41, 5.74) is 4.66. The fraction of sp³-hybridized carbons (Fsp3) is 0.292. The summed E-state index contributed by atoms with van der Waals surface area (Å²) in [6, 6.07) is 10.1. The van der Waals surface area contributed by atoms with Gasteiger partial charge in [0.1, 0.15) is 17.6 Å². The maximum atomic E-state index is 9.71. The number of aromatic hydroxyl groups is 1. The Balaban J connectivity index is 0.000000169. The second-order valence-corrected chi connectivity index (χ2v) is 8.67. The number of benzene rings is 2. The van der Waals surface area contributed by atoms with Crippen molar-refractivity contribution < 1.29 is 9.84 Å². The molecule has 0 atom stereocenters. The van der Waals surface area contributed by atoms with E-state index in [1.165, 1.54) is 36.9 Å². The van der Waals surface area contributed by atoms with Gasteiger partial charge in [0, 0.05) is 20.5 Å². The molecule has 2 aromatic heterocycles. The van der Waals surface area contributed by atoms with Crippen molar-refractivity contribution in [2.45, 2.75) is 40.5 Å². The molecule has 2 aromatic carbocycles. The second kappa shape index (κ2) is 9.30. The normalized spacial score (nSPS) is 10.6. The van der Waals surface area contributed by atoms with Gasteiger partial charge in [-0.05, 0) is 83.6 Å². The minimum Gasteiger partial charge on any atom is -0.508 e. The minimum atomic E-state index is 0.113. The van der Waals surface area contributed by atoms with Crippen LogP contribution in [0.3, 0.4) is 0 Å². The van der Waals surface area contributed by atoms with Crippen molar-refractivity contribution in [3.05, 3.63) is 57.3 Å². The van der Waals surface area contributed by atoms with Crippen LogP contribution in [0.25, 0.3) is 20.2 Å². The van der Waals surface area contributed by atoms with Gasteiger partial charge in [-0.1, -0.05) is 13.8 Å². The van der Waals surface area contributed by atoms with Gasteiger partial charge < -0.3 is 9.84 Å². The number of hydrogen-bond acceptors (Lipinski definition) is 5. The number of hydrogen-bond donors (Lipinski definition) is 1. The van der Waals surface area contributed by atoms with Crippen LogP contribution in [0, 0.1) is 25.2 Å². The zero-order chi connectivity index (χ0) is 21.0. The molecule has 2 heterocycles. The van der Waals surface area contributed by atoms with Crippen molar-refractivity contribution >= 4 is 42.8 Å². The Labute approximate surface area is 179 Å². The molecule has 0 bridgehead atoms. The van der Waals surface area contributed by atoms with Crippen molar-refractivity contribution in [3.8, 4) is 17.6 Å². The van der Waals surface area contributed by atoms with Crippen LogP contribution in [0.5, 0.6) is 11.5 Å².